The molecule has 3 heterocycles. The van der Waals surface area contributed by atoms with Gasteiger partial charge >= 0.3 is 0 Å². The van der Waals surface area contributed by atoms with Crippen LogP contribution in [0, 0.1) is 23.0 Å². The van der Waals surface area contributed by atoms with E-state index in [2.05, 4.69) is 6.07 Å². The van der Waals surface area contributed by atoms with Crippen LogP contribution in [0.4, 0.5) is 8.78 Å². The summed E-state index contributed by atoms with van der Waals surface area (Å²) in [7, 11) is 0. The maximum absolute atomic E-state index is 13.6. The number of rotatable bonds is 5. The number of nitrogens with two attached hydrogens (primary N) is 1. The number of carbonyl (C=O) groups is 2. The van der Waals surface area contributed by atoms with Crippen LogP contribution >= 0.6 is 0 Å². The lowest BCUT2D eigenvalue weighted by atomic mass is 10.0. The Hall–Kier alpha value is -2.57. The number of fused-ring (bicyclic) bond motifs is 2. The highest BCUT2D eigenvalue weighted by Gasteiger charge is 2.51. The Morgan fingerprint density at radius 3 is 2.67 bits per heavy atom. The Labute approximate surface area is 174 Å². The third kappa shape index (κ3) is 3.55. The van der Waals surface area contributed by atoms with Gasteiger partial charge in [-0.25, -0.2) is 8.78 Å². The molecule has 7 nitrogen and oxygen atoms in total. The van der Waals surface area contributed by atoms with E-state index in [4.69, 9.17) is 5.73 Å². The Morgan fingerprint density at radius 2 is 2.03 bits per heavy atom. The normalized spacial score (nSPS) is 28.1. The smallest absolute Gasteiger partial charge is 0.241 e. The van der Waals surface area contributed by atoms with Crippen LogP contribution in [0.2, 0.25) is 0 Å². The third-order valence-corrected chi connectivity index (χ3v) is 6.53. The van der Waals surface area contributed by atoms with Crippen molar-refractivity contribution in [2.45, 2.75) is 56.4 Å². The Morgan fingerprint density at radius 1 is 1.33 bits per heavy atom. The van der Waals surface area contributed by atoms with Crippen LogP contribution in [-0.2, 0) is 9.59 Å². The van der Waals surface area contributed by atoms with Crippen LogP contribution in [0.1, 0.15) is 37.8 Å². The zero-order valence-electron chi connectivity index (χ0n) is 16.8. The molecule has 3 saturated heterocycles. The van der Waals surface area contributed by atoms with Gasteiger partial charge in [0.05, 0.1) is 24.2 Å². The van der Waals surface area contributed by atoms with Crippen molar-refractivity contribution in [2.24, 2.45) is 5.73 Å². The minimum absolute atomic E-state index is 0.0928. The molecule has 0 spiro atoms. The average molecular weight is 417 g/mol. The Kier molecular flexibility index (Phi) is 5.47. The van der Waals surface area contributed by atoms with E-state index < -0.39 is 29.8 Å². The van der Waals surface area contributed by atoms with Gasteiger partial charge in [-0.3, -0.25) is 14.5 Å². The first-order chi connectivity index (χ1) is 14.3. The van der Waals surface area contributed by atoms with E-state index >= 15 is 0 Å². The number of benzene rings is 1. The summed E-state index contributed by atoms with van der Waals surface area (Å²) in [4.78, 5) is 30.8. The molecule has 0 aliphatic carbocycles. The molecule has 4 rings (SSSR count). The first-order valence-corrected chi connectivity index (χ1v) is 10.3. The molecular weight excluding hydrogens is 392 g/mol. The topological polar surface area (TPSA) is 93.7 Å². The van der Waals surface area contributed by atoms with E-state index in [9.17, 15) is 23.6 Å². The minimum atomic E-state index is -0.797. The predicted octanol–water partition coefficient (Wildman–Crippen LogP) is 1.15. The number of nitriles is 1. The van der Waals surface area contributed by atoms with Gasteiger partial charge in [0.25, 0.3) is 0 Å². The molecule has 0 aromatic heterocycles. The first kappa shape index (κ1) is 20.7. The number of halogens is 2. The molecule has 9 heteroatoms. The summed E-state index contributed by atoms with van der Waals surface area (Å²) in [6.07, 6.45) is 2.05. The quantitative estimate of drug-likeness (QED) is 0.776. The molecule has 0 radical (unpaired) electrons. The molecule has 1 aromatic rings. The van der Waals surface area contributed by atoms with Crippen LogP contribution in [0.3, 0.4) is 0 Å². The molecule has 2 N–H and O–H groups in total. The zero-order chi connectivity index (χ0) is 21.6. The van der Waals surface area contributed by atoms with Crippen molar-refractivity contribution in [3.05, 3.63) is 35.4 Å². The van der Waals surface area contributed by atoms with Gasteiger partial charge in [-0.1, -0.05) is 0 Å². The fourth-order valence-corrected chi connectivity index (χ4v) is 5.08. The standard InChI is InChI=1S/C21H25F2N5O2/c1-12(13-5-14(22)7-15(23)6-13)28-17-8-19(21(28)30)26(10-17)11-18(25)20(29)27-4-2-3-16(27)9-24/h5-7,12,16-19H,2-4,8,10-11,25H2,1H3/t12-,16+,17?,18+,19+/m1/s1. The van der Waals surface area contributed by atoms with Crippen molar-refractivity contribution in [1.82, 2.24) is 14.7 Å². The van der Waals surface area contributed by atoms with Gasteiger partial charge < -0.3 is 15.5 Å². The summed E-state index contributed by atoms with van der Waals surface area (Å²) in [5, 5.41) is 9.19. The van der Waals surface area contributed by atoms with Gasteiger partial charge in [0.15, 0.2) is 0 Å². The number of carbonyl (C=O) groups excluding carboxylic acids is 2. The van der Waals surface area contributed by atoms with Crippen molar-refractivity contribution < 1.29 is 18.4 Å². The van der Waals surface area contributed by atoms with Crippen molar-refractivity contribution in [3.8, 4) is 6.07 Å². The van der Waals surface area contributed by atoms with Crippen LogP contribution < -0.4 is 5.73 Å². The van der Waals surface area contributed by atoms with Gasteiger partial charge in [0.1, 0.15) is 17.7 Å². The summed E-state index contributed by atoms with van der Waals surface area (Å²) >= 11 is 0. The Balaban J connectivity index is 1.41. The van der Waals surface area contributed by atoms with Crippen LogP contribution in [0.25, 0.3) is 0 Å². The lowest BCUT2D eigenvalue weighted by Crippen LogP contribution is -2.56. The predicted molar refractivity (Wildman–Crippen MR) is 104 cm³/mol. The van der Waals surface area contributed by atoms with E-state index in [0.29, 0.717) is 31.5 Å². The number of amides is 2. The zero-order valence-corrected chi connectivity index (χ0v) is 16.8. The SMILES string of the molecule is C[C@H](c1cc(F)cc(F)c1)N1C(=O)[C@@H]2CC1CN2C[C@H](N)C(=O)N1CCC[C@H]1C#N. The fourth-order valence-electron chi connectivity index (χ4n) is 5.08. The molecule has 3 aliphatic rings. The lowest BCUT2D eigenvalue weighted by molar-refractivity contribution is -0.141. The van der Waals surface area contributed by atoms with Gasteiger partial charge in [-0.15, -0.1) is 0 Å². The lowest BCUT2D eigenvalue weighted by Gasteiger charge is -2.38. The third-order valence-electron chi connectivity index (χ3n) is 6.53. The largest absolute Gasteiger partial charge is 0.330 e. The molecule has 30 heavy (non-hydrogen) atoms. The number of hydrogen-bond acceptors (Lipinski definition) is 5. The summed E-state index contributed by atoms with van der Waals surface area (Å²) in [5.74, 6) is -1.71. The van der Waals surface area contributed by atoms with Gasteiger partial charge in [0.2, 0.25) is 11.8 Å². The Bertz CT molecular complexity index is 884. The van der Waals surface area contributed by atoms with Crippen molar-refractivity contribution in [2.75, 3.05) is 19.6 Å². The maximum Gasteiger partial charge on any atom is 0.241 e. The fraction of sp³-hybridized carbons (Fsp3) is 0.571. The summed E-state index contributed by atoms with van der Waals surface area (Å²) < 4.78 is 27.2. The average Bonchev–Trinajstić information content (AvgIpc) is 3.40. The highest BCUT2D eigenvalue weighted by atomic mass is 19.1. The molecule has 160 valence electrons. The van der Waals surface area contributed by atoms with E-state index in [-0.39, 0.29) is 30.4 Å². The molecular formula is C21H25F2N5O2. The molecule has 1 aromatic carbocycles. The number of piperazine rings is 1. The van der Waals surface area contributed by atoms with Crippen LogP contribution in [0.15, 0.2) is 18.2 Å². The summed E-state index contributed by atoms with van der Waals surface area (Å²) in [5.41, 5.74) is 6.56. The first-order valence-electron chi connectivity index (χ1n) is 10.3. The molecule has 1 unspecified atom stereocenters. The van der Waals surface area contributed by atoms with E-state index in [1.807, 2.05) is 4.90 Å². The van der Waals surface area contributed by atoms with Crippen molar-refractivity contribution in [1.29, 1.82) is 5.26 Å². The molecule has 2 amide bonds. The second-order valence-corrected chi connectivity index (χ2v) is 8.41. The molecule has 0 saturated carbocycles. The molecule has 5 atom stereocenters. The van der Waals surface area contributed by atoms with Gasteiger partial charge in [-0.05, 0) is 43.9 Å². The van der Waals surface area contributed by atoms with Crippen molar-refractivity contribution >= 4 is 11.8 Å². The molecule has 2 bridgehead atoms. The molecule has 3 fully saturated rings. The van der Waals surface area contributed by atoms with Crippen LogP contribution in [0.5, 0.6) is 0 Å². The number of likely N-dealkylation sites (tertiary alicyclic amines) is 3. The van der Waals surface area contributed by atoms with Crippen molar-refractivity contribution in [3.63, 3.8) is 0 Å². The monoisotopic (exact) mass is 417 g/mol. The highest BCUT2D eigenvalue weighted by molar-refractivity contribution is 5.87. The second-order valence-electron chi connectivity index (χ2n) is 8.41. The highest BCUT2D eigenvalue weighted by Crippen LogP contribution is 2.38. The summed E-state index contributed by atoms with van der Waals surface area (Å²) in [6, 6.07) is 3.30. The van der Waals surface area contributed by atoms with Gasteiger partial charge in [-0.2, -0.15) is 5.26 Å². The number of nitrogens with zero attached hydrogens (tertiary/aromatic N) is 4. The molecule has 3 aliphatic heterocycles. The van der Waals surface area contributed by atoms with Crippen LogP contribution in [-0.4, -0.2) is 70.3 Å². The minimum Gasteiger partial charge on any atom is -0.330 e. The maximum atomic E-state index is 13.6. The summed E-state index contributed by atoms with van der Waals surface area (Å²) in [6.45, 7) is 3.10. The van der Waals surface area contributed by atoms with E-state index in [1.54, 1.807) is 11.8 Å². The number of hydrogen-bond donors (Lipinski definition) is 1. The van der Waals surface area contributed by atoms with Gasteiger partial charge in [0, 0.05) is 31.7 Å². The van der Waals surface area contributed by atoms with E-state index in [0.717, 1.165) is 12.5 Å². The van der Waals surface area contributed by atoms with E-state index in [1.165, 1.54) is 17.0 Å². The second kappa shape index (κ2) is 7.93.